The van der Waals surface area contributed by atoms with Crippen molar-refractivity contribution in [2.24, 2.45) is 0 Å². The number of carbonyl (C=O) groups excluding carboxylic acids is 2. The van der Waals surface area contributed by atoms with Crippen molar-refractivity contribution in [2.75, 3.05) is 0 Å². The van der Waals surface area contributed by atoms with Gasteiger partial charge in [-0.05, 0) is 24.6 Å². The Morgan fingerprint density at radius 1 is 1.21 bits per heavy atom. The highest BCUT2D eigenvalue weighted by Gasteiger charge is 2.12. The van der Waals surface area contributed by atoms with Crippen molar-refractivity contribution in [3.8, 4) is 0 Å². The second-order valence-electron chi connectivity index (χ2n) is 3.12. The van der Waals surface area contributed by atoms with E-state index in [9.17, 15) is 9.59 Å². The summed E-state index contributed by atoms with van der Waals surface area (Å²) in [5.74, 6) is 0. The van der Waals surface area contributed by atoms with Gasteiger partial charge in [0.25, 0.3) is 0 Å². The SMILES string of the molecule is Cc1c(C=O)c2ccccn2c1C=O. The summed E-state index contributed by atoms with van der Waals surface area (Å²) in [6.07, 6.45) is 3.34. The molecule has 0 N–H and O–H groups in total. The van der Waals surface area contributed by atoms with Crippen molar-refractivity contribution in [2.45, 2.75) is 6.92 Å². The molecule has 0 spiro atoms. The van der Waals surface area contributed by atoms with Crippen LogP contribution in [-0.4, -0.2) is 17.0 Å². The third-order valence-corrected chi connectivity index (χ3v) is 2.41. The summed E-state index contributed by atoms with van der Waals surface area (Å²) in [7, 11) is 0. The maximum absolute atomic E-state index is 10.8. The minimum absolute atomic E-state index is 0.544. The molecule has 0 aliphatic rings. The smallest absolute Gasteiger partial charge is 0.167 e. The van der Waals surface area contributed by atoms with E-state index in [4.69, 9.17) is 0 Å². The highest BCUT2D eigenvalue weighted by atomic mass is 16.1. The molecule has 0 aliphatic carbocycles. The average molecular weight is 187 g/mol. The molecule has 0 bridgehead atoms. The number of pyridine rings is 1. The van der Waals surface area contributed by atoms with Crippen molar-refractivity contribution in [1.29, 1.82) is 0 Å². The number of nitrogens with zero attached hydrogens (tertiary/aromatic N) is 1. The fourth-order valence-corrected chi connectivity index (χ4v) is 1.68. The summed E-state index contributed by atoms with van der Waals surface area (Å²) in [5.41, 5.74) is 2.65. The first-order valence-electron chi connectivity index (χ1n) is 4.29. The highest BCUT2D eigenvalue weighted by molar-refractivity contribution is 5.94. The molecule has 2 aromatic rings. The summed E-state index contributed by atoms with van der Waals surface area (Å²) in [4.78, 5) is 21.7. The number of carbonyl (C=O) groups is 2. The van der Waals surface area contributed by atoms with E-state index in [1.165, 1.54) is 0 Å². The van der Waals surface area contributed by atoms with Gasteiger partial charge in [0.15, 0.2) is 12.6 Å². The van der Waals surface area contributed by atoms with E-state index in [1.807, 2.05) is 18.2 Å². The molecule has 0 atom stereocenters. The average Bonchev–Trinajstić information content (AvgIpc) is 2.49. The molecular weight excluding hydrogens is 178 g/mol. The number of hydrogen-bond donors (Lipinski definition) is 0. The molecule has 0 amide bonds. The van der Waals surface area contributed by atoms with Crippen molar-refractivity contribution >= 4 is 18.1 Å². The van der Waals surface area contributed by atoms with E-state index in [2.05, 4.69) is 0 Å². The Balaban J connectivity index is 2.98. The molecule has 0 saturated heterocycles. The zero-order valence-corrected chi connectivity index (χ0v) is 7.73. The fourth-order valence-electron chi connectivity index (χ4n) is 1.68. The number of aromatic nitrogens is 1. The van der Waals surface area contributed by atoms with Gasteiger partial charge >= 0.3 is 0 Å². The molecule has 3 nitrogen and oxygen atoms in total. The molecule has 0 radical (unpaired) electrons. The zero-order valence-electron chi connectivity index (χ0n) is 7.73. The molecule has 14 heavy (non-hydrogen) atoms. The number of aldehydes is 2. The number of hydrogen-bond acceptors (Lipinski definition) is 2. The van der Waals surface area contributed by atoms with E-state index in [0.29, 0.717) is 11.3 Å². The molecule has 70 valence electrons. The van der Waals surface area contributed by atoms with Gasteiger partial charge in [-0.3, -0.25) is 9.59 Å². The van der Waals surface area contributed by atoms with Crippen LogP contribution in [0.15, 0.2) is 24.4 Å². The van der Waals surface area contributed by atoms with Crippen molar-refractivity contribution < 1.29 is 9.59 Å². The lowest BCUT2D eigenvalue weighted by Crippen LogP contribution is -1.90. The number of fused-ring (bicyclic) bond motifs is 1. The van der Waals surface area contributed by atoms with Gasteiger partial charge in [-0.15, -0.1) is 0 Å². The van der Waals surface area contributed by atoms with Crippen LogP contribution in [0.4, 0.5) is 0 Å². The lowest BCUT2D eigenvalue weighted by Gasteiger charge is -1.94. The lowest BCUT2D eigenvalue weighted by atomic mass is 10.1. The van der Waals surface area contributed by atoms with Gasteiger partial charge in [0.1, 0.15) is 0 Å². The monoisotopic (exact) mass is 187 g/mol. The van der Waals surface area contributed by atoms with Crippen LogP contribution in [-0.2, 0) is 0 Å². The largest absolute Gasteiger partial charge is 0.313 e. The quantitative estimate of drug-likeness (QED) is 0.673. The van der Waals surface area contributed by atoms with Crippen LogP contribution in [0.1, 0.15) is 26.4 Å². The Hall–Kier alpha value is -1.90. The van der Waals surface area contributed by atoms with Gasteiger partial charge in [0, 0.05) is 11.8 Å². The van der Waals surface area contributed by atoms with Gasteiger partial charge in [0.2, 0.25) is 0 Å². The Kier molecular flexibility index (Phi) is 1.93. The standard InChI is InChI=1S/C11H9NO2/c1-8-9(6-13)10-4-2-3-5-12(10)11(8)7-14/h2-7H,1H3. The summed E-state index contributed by atoms with van der Waals surface area (Å²) in [5, 5.41) is 0. The van der Waals surface area contributed by atoms with Crippen LogP contribution in [0.5, 0.6) is 0 Å². The minimum Gasteiger partial charge on any atom is -0.313 e. The summed E-state index contributed by atoms with van der Waals surface area (Å²) < 4.78 is 1.73. The zero-order chi connectivity index (χ0) is 10.1. The minimum atomic E-state index is 0.544. The Morgan fingerprint density at radius 2 is 2.00 bits per heavy atom. The normalized spacial score (nSPS) is 10.4. The van der Waals surface area contributed by atoms with Gasteiger partial charge < -0.3 is 4.40 Å². The third kappa shape index (κ3) is 0.988. The van der Waals surface area contributed by atoms with Crippen LogP contribution in [0.3, 0.4) is 0 Å². The Morgan fingerprint density at radius 3 is 2.64 bits per heavy atom. The van der Waals surface area contributed by atoms with Crippen LogP contribution in [0.2, 0.25) is 0 Å². The first-order chi connectivity index (χ1) is 6.79. The van der Waals surface area contributed by atoms with Crippen LogP contribution in [0.25, 0.3) is 5.52 Å². The molecule has 3 heteroatoms. The predicted octanol–water partition coefficient (Wildman–Crippen LogP) is 1.87. The van der Waals surface area contributed by atoms with Crippen LogP contribution in [0, 0.1) is 6.92 Å². The van der Waals surface area contributed by atoms with Gasteiger partial charge in [-0.25, -0.2) is 0 Å². The van der Waals surface area contributed by atoms with Crippen molar-refractivity contribution in [3.05, 3.63) is 41.2 Å². The second-order valence-corrected chi connectivity index (χ2v) is 3.12. The molecule has 0 aromatic carbocycles. The molecular formula is C11H9NO2. The van der Waals surface area contributed by atoms with E-state index in [-0.39, 0.29) is 0 Å². The Bertz CT molecular complexity index is 466. The molecule has 0 aliphatic heterocycles. The highest BCUT2D eigenvalue weighted by Crippen LogP contribution is 2.19. The van der Waals surface area contributed by atoms with E-state index in [0.717, 1.165) is 23.7 Å². The first-order valence-corrected chi connectivity index (χ1v) is 4.29. The van der Waals surface area contributed by atoms with Crippen molar-refractivity contribution in [3.63, 3.8) is 0 Å². The third-order valence-electron chi connectivity index (χ3n) is 2.41. The molecule has 2 rings (SSSR count). The summed E-state index contributed by atoms with van der Waals surface area (Å²) in [6.45, 7) is 1.78. The van der Waals surface area contributed by atoms with Gasteiger partial charge in [-0.2, -0.15) is 0 Å². The van der Waals surface area contributed by atoms with Crippen molar-refractivity contribution in [1.82, 2.24) is 4.40 Å². The number of rotatable bonds is 2. The van der Waals surface area contributed by atoms with E-state index >= 15 is 0 Å². The van der Waals surface area contributed by atoms with Gasteiger partial charge in [-0.1, -0.05) is 6.07 Å². The molecule has 0 saturated carbocycles. The maximum Gasteiger partial charge on any atom is 0.167 e. The van der Waals surface area contributed by atoms with Crippen LogP contribution >= 0.6 is 0 Å². The lowest BCUT2D eigenvalue weighted by molar-refractivity contribution is 0.111. The summed E-state index contributed by atoms with van der Waals surface area (Å²) >= 11 is 0. The fraction of sp³-hybridized carbons (Fsp3) is 0.0909. The van der Waals surface area contributed by atoms with E-state index in [1.54, 1.807) is 17.5 Å². The van der Waals surface area contributed by atoms with Crippen LogP contribution < -0.4 is 0 Å². The Labute approximate surface area is 81.0 Å². The molecule has 0 unspecified atom stereocenters. The summed E-state index contributed by atoms with van der Waals surface area (Å²) in [6, 6.07) is 5.49. The molecule has 2 aromatic heterocycles. The predicted molar refractivity (Wildman–Crippen MR) is 52.9 cm³/mol. The molecule has 2 heterocycles. The first kappa shape index (κ1) is 8.69. The molecule has 0 fully saturated rings. The maximum atomic E-state index is 10.8. The second kappa shape index (κ2) is 3.10. The van der Waals surface area contributed by atoms with Gasteiger partial charge in [0.05, 0.1) is 11.2 Å². The van der Waals surface area contributed by atoms with E-state index < -0.39 is 0 Å². The topological polar surface area (TPSA) is 38.5 Å².